The highest BCUT2D eigenvalue weighted by atomic mass is 16.1. The highest BCUT2D eigenvalue weighted by Crippen LogP contribution is 2.21. The van der Waals surface area contributed by atoms with E-state index in [1.54, 1.807) is 24.3 Å². The van der Waals surface area contributed by atoms with Gasteiger partial charge in [0.15, 0.2) is 10.9 Å². The molecule has 0 fully saturated rings. The summed E-state index contributed by atoms with van der Waals surface area (Å²) in [6.07, 6.45) is 3.09. The molecule has 0 aliphatic carbocycles. The van der Waals surface area contributed by atoms with Crippen LogP contribution in [0.2, 0.25) is 0 Å². The number of nitrogens with one attached hydrogen (secondary N) is 2. The van der Waals surface area contributed by atoms with Gasteiger partial charge in [0.2, 0.25) is 0 Å². The predicted octanol–water partition coefficient (Wildman–Crippen LogP) is 6.35. The van der Waals surface area contributed by atoms with E-state index in [4.69, 9.17) is 0 Å². The molecule has 148 valence electrons. The summed E-state index contributed by atoms with van der Waals surface area (Å²) in [6, 6.07) is 10.8. The molecule has 0 bridgehead atoms. The van der Waals surface area contributed by atoms with Crippen LogP contribution in [0.1, 0.15) is 41.8 Å². The van der Waals surface area contributed by atoms with Gasteiger partial charge in [-0.05, 0) is 30.3 Å². The van der Waals surface area contributed by atoms with Crippen LogP contribution in [0.15, 0.2) is 59.1 Å². The number of aromatic nitrogens is 2. The van der Waals surface area contributed by atoms with Crippen molar-refractivity contribution in [3.63, 3.8) is 0 Å². The lowest BCUT2D eigenvalue weighted by Crippen LogP contribution is -2.11. The van der Waals surface area contributed by atoms with Crippen molar-refractivity contribution in [1.29, 1.82) is 0 Å². The molecule has 0 saturated heterocycles. The zero-order valence-electron chi connectivity index (χ0n) is 16.8. The van der Waals surface area contributed by atoms with Gasteiger partial charge in [-0.15, -0.1) is 0 Å². The number of benzene rings is 2. The van der Waals surface area contributed by atoms with Crippen molar-refractivity contribution in [2.24, 2.45) is 0 Å². The zero-order chi connectivity index (χ0) is 20.8. The lowest BCUT2D eigenvalue weighted by atomic mass is 10.0. The highest BCUT2D eigenvalue weighted by molar-refractivity contribution is 6.00. The lowest BCUT2D eigenvalue weighted by molar-refractivity contribution is 1.34. The van der Waals surface area contributed by atoms with E-state index in [0.717, 1.165) is 5.52 Å². The Bertz CT molecular complexity index is 1290. The molecule has 0 atom stereocenters. The van der Waals surface area contributed by atoms with E-state index in [1.807, 2.05) is 45.9 Å². The molecule has 4 heteroatoms. The smallest absolute Gasteiger partial charge is 0.197 e. The summed E-state index contributed by atoms with van der Waals surface area (Å²) < 4.78 is 0. The van der Waals surface area contributed by atoms with Crippen molar-refractivity contribution in [2.75, 3.05) is 0 Å². The minimum Gasteiger partial charge on any atom is -0.354 e. The summed E-state index contributed by atoms with van der Waals surface area (Å²) in [7, 11) is 0. The maximum absolute atomic E-state index is 12.7. The molecule has 4 rings (SSSR count). The Morgan fingerprint density at radius 1 is 0.750 bits per heavy atom. The molecule has 2 N–H and O–H groups in total. The monoisotopic (exact) mass is 378 g/mol. The summed E-state index contributed by atoms with van der Waals surface area (Å²) in [5, 5.41) is 1.67. The second kappa shape index (κ2) is 9.00. The van der Waals surface area contributed by atoms with Crippen LogP contribution in [0.25, 0.3) is 44.9 Å². The van der Waals surface area contributed by atoms with E-state index in [1.165, 1.54) is 6.08 Å². The first-order chi connectivity index (χ1) is 13.6. The molecule has 0 saturated carbocycles. The summed E-state index contributed by atoms with van der Waals surface area (Å²) in [6.45, 7) is 15.4. The third kappa shape index (κ3) is 3.41. The molecular weight excluding hydrogens is 348 g/mol. The van der Waals surface area contributed by atoms with Crippen molar-refractivity contribution < 1.29 is 2.85 Å². The van der Waals surface area contributed by atoms with Gasteiger partial charge >= 0.3 is 0 Å². The molecule has 0 amide bonds. The number of para-hydroxylation sites is 1. The molecule has 2 aromatic carbocycles. The Morgan fingerprint density at radius 2 is 1.32 bits per heavy atom. The van der Waals surface area contributed by atoms with Crippen LogP contribution in [0.4, 0.5) is 0 Å². The summed E-state index contributed by atoms with van der Waals surface area (Å²) in [5.74, 6) is 0. The number of aromatic amines is 2. The van der Waals surface area contributed by atoms with Gasteiger partial charge in [-0.1, -0.05) is 59.1 Å². The van der Waals surface area contributed by atoms with Gasteiger partial charge in [-0.2, -0.15) is 0 Å². The fraction of sp³-hybridized carbons (Fsp3) is 0.167. The summed E-state index contributed by atoms with van der Waals surface area (Å²) in [5.41, 5.74) is 2.86. The van der Waals surface area contributed by atoms with Crippen molar-refractivity contribution >= 4 is 44.9 Å². The molecule has 0 unspecified atom stereocenters. The number of hydrogen-bond donors (Lipinski definition) is 2. The molecule has 0 aliphatic rings. The molecule has 0 spiro atoms. The van der Waals surface area contributed by atoms with Crippen LogP contribution >= 0.6 is 0 Å². The zero-order valence-corrected chi connectivity index (χ0v) is 16.8. The first kappa shape index (κ1) is 20.9. The third-order valence-corrected chi connectivity index (χ3v) is 4.30. The van der Waals surface area contributed by atoms with Gasteiger partial charge in [0, 0.05) is 35.8 Å². The lowest BCUT2D eigenvalue weighted by Gasteiger charge is -2.08. The van der Waals surface area contributed by atoms with Crippen molar-refractivity contribution in [3.8, 4) is 0 Å². The van der Waals surface area contributed by atoms with Gasteiger partial charge in [0.05, 0.1) is 11.0 Å². The Hall–Kier alpha value is -3.40. The van der Waals surface area contributed by atoms with E-state index in [0.29, 0.717) is 38.4 Å². The van der Waals surface area contributed by atoms with Gasteiger partial charge in [-0.3, -0.25) is 9.59 Å². The maximum atomic E-state index is 12.7. The van der Waals surface area contributed by atoms with Crippen LogP contribution in [-0.2, 0) is 0 Å². The van der Waals surface area contributed by atoms with Crippen LogP contribution in [0.3, 0.4) is 0 Å². The van der Waals surface area contributed by atoms with Crippen molar-refractivity contribution in [2.45, 2.75) is 27.7 Å². The van der Waals surface area contributed by atoms with Crippen molar-refractivity contribution in [3.05, 3.63) is 81.3 Å². The van der Waals surface area contributed by atoms with Crippen LogP contribution in [0.5, 0.6) is 0 Å². The highest BCUT2D eigenvalue weighted by Gasteiger charge is 2.11. The molecule has 2 aromatic heterocycles. The SMILES string of the molecule is C=Cc1[nH]c2cc3c(=O)c4ccccc4[nH]c3cc2c(=O)c1C=C.CC.CC.[HH].[HH]. The van der Waals surface area contributed by atoms with E-state index in [9.17, 15) is 9.59 Å². The normalized spacial score (nSPS) is 10.0. The Kier molecular flexibility index (Phi) is 6.72. The first-order valence-electron chi connectivity index (χ1n) is 9.53. The third-order valence-electron chi connectivity index (χ3n) is 4.30. The Balaban J connectivity index is 0.00000133. The predicted molar refractivity (Wildman–Crippen MR) is 127 cm³/mol. The first-order valence-corrected chi connectivity index (χ1v) is 9.53. The molecule has 0 radical (unpaired) electrons. The van der Waals surface area contributed by atoms with Crippen LogP contribution in [-0.4, -0.2) is 9.97 Å². The summed E-state index contributed by atoms with van der Waals surface area (Å²) >= 11 is 0. The van der Waals surface area contributed by atoms with E-state index < -0.39 is 0 Å². The molecule has 0 aliphatic heterocycles. The van der Waals surface area contributed by atoms with Crippen LogP contribution in [0, 0.1) is 0 Å². The Morgan fingerprint density at radius 3 is 1.93 bits per heavy atom. The minimum atomic E-state index is -0.135. The average molecular weight is 379 g/mol. The number of rotatable bonds is 2. The molecular formula is C24H30N2O2. The van der Waals surface area contributed by atoms with Gasteiger partial charge in [-0.25, -0.2) is 0 Å². The largest absolute Gasteiger partial charge is 0.354 e. The number of H-pyrrole nitrogens is 2. The van der Waals surface area contributed by atoms with Crippen molar-refractivity contribution in [1.82, 2.24) is 9.97 Å². The van der Waals surface area contributed by atoms with E-state index in [-0.39, 0.29) is 13.7 Å². The number of hydrogen-bond acceptors (Lipinski definition) is 2. The standard InChI is InChI=1S/C20H14N2O2.2C2H6.2H2/c1-3-11-15(4-2)21-17-10-14-18(9-13(17)19(11)23)22-16-8-6-5-7-12(16)20(14)24;2*1-2;;/h3-10H,1-2H2,(H,21,23)(H,22,24);2*1-2H3;2*1H. The number of fused-ring (bicyclic) bond motifs is 3. The fourth-order valence-corrected chi connectivity index (χ4v) is 3.11. The Labute approximate surface area is 167 Å². The van der Waals surface area contributed by atoms with Gasteiger partial charge < -0.3 is 9.97 Å². The van der Waals surface area contributed by atoms with E-state index >= 15 is 0 Å². The van der Waals surface area contributed by atoms with Crippen LogP contribution < -0.4 is 10.9 Å². The molecule has 4 nitrogen and oxygen atoms in total. The second-order valence-electron chi connectivity index (χ2n) is 5.63. The average Bonchev–Trinajstić information content (AvgIpc) is 2.76. The maximum Gasteiger partial charge on any atom is 0.197 e. The minimum absolute atomic E-state index is 0. The fourth-order valence-electron chi connectivity index (χ4n) is 3.11. The quantitative estimate of drug-likeness (QED) is 0.399. The number of pyridine rings is 2. The summed E-state index contributed by atoms with van der Waals surface area (Å²) in [4.78, 5) is 31.8. The topological polar surface area (TPSA) is 65.7 Å². The van der Waals surface area contributed by atoms with E-state index in [2.05, 4.69) is 23.1 Å². The van der Waals surface area contributed by atoms with Gasteiger partial charge in [0.25, 0.3) is 0 Å². The molecule has 2 heterocycles. The molecule has 4 aromatic rings. The molecule has 28 heavy (non-hydrogen) atoms. The van der Waals surface area contributed by atoms with Gasteiger partial charge in [0.1, 0.15) is 0 Å². The second-order valence-corrected chi connectivity index (χ2v) is 5.63.